The van der Waals surface area contributed by atoms with Gasteiger partial charge in [-0.25, -0.2) is 8.42 Å². The fourth-order valence-electron chi connectivity index (χ4n) is 3.90. The highest BCUT2D eigenvalue weighted by atomic mass is 32.2. The SMILES string of the molecule is O=S(=O)(Nc1cccc(-c2cc(C(O)c3ccncc3)cc3cccnc23)c1)c1ccccc1. The standard InChI is InChI=1S/C27H21N3O3S/c31-27(19-11-14-28-15-12-19)22-16-21-7-5-13-29-26(21)25(18-22)20-6-4-8-23(17-20)30-34(32,33)24-9-2-1-3-10-24/h1-18,27,30-31H. The van der Waals surface area contributed by atoms with E-state index in [1.54, 1.807) is 79.3 Å². The van der Waals surface area contributed by atoms with Crippen molar-refractivity contribution in [3.05, 3.63) is 121 Å². The molecule has 0 bridgehead atoms. The monoisotopic (exact) mass is 467 g/mol. The molecule has 5 rings (SSSR count). The summed E-state index contributed by atoms with van der Waals surface area (Å²) in [5.41, 5.74) is 4.20. The van der Waals surface area contributed by atoms with Crippen LogP contribution in [0, 0.1) is 0 Å². The Hall–Kier alpha value is -4.07. The van der Waals surface area contributed by atoms with Crippen LogP contribution in [-0.2, 0) is 10.0 Å². The number of rotatable bonds is 6. The molecule has 0 aliphatic heterocycles. The van der Waals surface area contributed by atoms with Crippen molar-refractivity contribution in [3.8, 4) is 11.1 Å². The van der Waals surface area contributed by atoms with E-state index in [-0.39, 0.29) is 4.90 Å². The number of aromatic nitrogens is 2. The second kappa shape index (κ2) is 9.05. The van der Waals surface area contributed by atoms with Crippen LogP contribution in [0.2, 0.25) is 0 Å². The van der Waals surface area contributed by atoms with E-state index in [0.717, 1.165) is 27.6 Å². The van der Waals surface area contributed by atoms with Gasteiger partial charge < -0.3 is 5.11 Å². The zero-order valence-electron chi connectivity index (χ0n) is 18.0. The molecule has 5 aromatic rings. The zero-order valence-corrected chi connectivity index (χ0v) is 18.9. The van der Waals surface area contributed by atoms with Gasteiger partial charge in [-0.3, -0.25) is 14.7 Å². The zero-order chi connectivity index (χ0) is 23.5. The van der Waals surface area contributed by atoms with Gasteiger partial charge in [-0.05, 0) is 71.3 Å². The van der Waals surface area contributed by atoms with Crippen LogP contribution < -0.4 is 4.72 Å². The van der Waals surface area contributed by atoms with Crippen LogP contribution in [0.15, 0.2) is 114 Å². The molecular weight excluding hydrogens is 446 g/mol. The quantitative estimate of drug-likeness (QED) is 0.359. The summed E-state index contributed by atoms with van der Waals surface area (Å²) >= 11 is 0. The molecular formula is C27H21N3O3S. The van der Waals surface area contributed by atoms with Gasteiger partial charge in [-0.15, -0.1) is 0 Å². The van der Waals surface area contributed by atoms with Gasteiger partial charge in [0.05, 0.1) is 10.4 Å². The number of aliphatic hydroxyl groups excluding tert-OH is 1. The van der Waals surface area contributed by atoms with E-state index in [0.29, 0.717) is 11.3 Å². The Balaban J connectivity index is 1.58. The fraction of sp³-hybridized carbons (Fsp3) is 0.0370. The van der Waals surface area contributed by atoms with E-state index < -0.39 is 16.1 Å². The summed E-state index contributed by atoms with van der Waals surface area (Å²) < 4.78 is 28.3. The summed E-state index contributed by atoms with van der Waals surface area (Å²) in [7, 11) is -3.72. The molecule has 34 heavy (non-hydrogen) atoms. The molecule has 0 saturated carbocycles. The van der Waals surface area contributed by atoms with Gasteiger partial charge in [0, 0.05) is 35.2 Å². The number of fused-ring (bicyclic) bond motifs is 1. The van der Waals surface area contributed by atoms with Crippen LogP contribution in [0.3, 0.4) is 0 Å². The topological polar surface area (TPSA) is 92.2 Å². The smallest absolute Gasteiger partial charge is 0.261 e. The molecule has 0 saturated heterocycles. The maximum absolute atomic E-state index is 12.8. The largest absolute Gasteiger partial charge is 0.384 e. The summed E-state index contributed by atoms with van der Waals surface area (Å²) in [4.78, 5) is 8.76. The average Bonchev–Trinajstić information content (AvgIpc) is 2.88. The van der Waals surface area contributed by atoms with E-state index >= 15 is 0 Å². The summed E-state index contributed by atoms with van der Waals surface area (Å²) in [6, 6.07) is 26.5. The van der Waals surface area contributed by atoms with Crippen molar-refractivity contribution in [1.29, 1.82) is 0 Å². The van der Waals surface area contributed by atoms with E-state index in [9.17, 15) is 13.5 Å². The third-order valence-corrected chi connectivity index (χ3v) is 6.94. The molecule has 0 fully saturated rings. The Kier molecular flexibility index (Phi) is 5.79. The van der Waals surface area contributed by atoms with Crippen LogP contribution in [-0.4, -0.2) is 23.5 Å². The first-order valence-electron chi connectivity index (χ1n) is 10.7. The lowest BCUT2D eigenvalue weighted by atomic mass is 9.94. The normalized spacial score (nSPS) is 12.4. The molecule has 0 amide bonds. The van der Waals surface area contributed by atoms with Crippen molar-refractivity contribution in [2.45, 2.75) is 11.0 Å². The van der Waals surface area contributed by atoms with E-state index in [1.807, 2.05) is 30.3 Å². The van der Waals surface area contributed by atoms with Gasteiger partial charge >= 0.3 is 0 Å². The average molecular weight is 468 g/mol. The molecule has 0 aliphatic carbocycles. The lowest BCUT2D eigenvalue weighted by molar-refractivity contribution is 0.220. The number of nitrogens with zero attached hydrogens (tertiary/aromatic N) is 2. The van der Waals surface area contributed by atoms with Crippen LogP contribution in [0.1, 0.15) is 17.2 Å². The number of aliphatic hydroxyl groups is 1. The van der Waals surface area contributed by atoms with Gasteiger partial charge in [0.25, 0.3) is 10.0 Å². The number of benzene rings is 3. The van der Waals surface area contributed by atoms with Gasteiger partial charge in [-0.2, -0.15) is 0 Å². The Labute approximate surface area is 197 Å². The number of sulfonamides is 1. The number of nitrogens with one attached hydrogen (secondary N) is 1. The van der Waals surface area contributed by atoms with Crippen LogP contribution in [0.25, 0.3) is 22.0 Å². The summed E-state index contributed by atoms with van der Waals surface area (Å²) in [5, 5.41) is 11.9. The third kappa shape index (κ3) is 4.39. The predicted octanol–water partition coefficient (Wildman–Crippen LogP) is 5.18. The first-order valence-corrected chi connectivity index (χ1v) is 12.1. The molecule has 1 atom stereocenters. The van der Waals surface area contributed by atoms with Gasteiger partial charge in [0.2, 0.25) is 0 Å². The number of hydrogen-bond acceptors (Lipinski definition) is 5. The molecule has 0 spiro atoms. The molecule has 3 aromatic carbocycles. The van der Waals surface area contributed by atoms with Crippen molar-refractivity contribution in [1.82, 2.24) is 9.97 Å². The first-order chi connectivity index (χ1) is 16.5. The van der Waals surface area contributed by atoms with Crippen molar-refractivity contribution in [2.24, 2.45) is 0 Å². The number of pyridine rings is 2. The fourth-order valence-corrected chi connectivity index (χ4v) is 4.97. The molecule has 2 N–H and O–H groups in total. The predicted molar refractivity (Wildman–Crippen MR) is 133 cm³/mol. The lowest BCUT2D eigenvalue weighted by Gasteiger charge is -2.16. The van der Waals surface area contributed by atoms with Crippen molar-refractivity contribution in [2.75, 3.05) is 4.72 Å². The molecule has 7 heteroatoms. The second-order valence-electron chi connectivity index (χ2n) is 7.83. The summed E-state index contributed by atoms with van der Waals surface area (Å²) in [6.45, 7) is 0. The van der Waals surface area contributed by atoms with Crippen molar-refractivity contribution in [3.63, 3.8) is 0 Å². The summed E-state index contributed by atoms with van der Waals surface area (Å²) in [5.74, 6) is 0. The van der Waals surface area contributed by atoms with E-state index in [2.05, 4.69) is 14.7 Å². The minimum Gasteiger partial charge on any atom is -0.384 e. The highest BCUT2D eigenvalue weighted by molar-refractivity contribution is 7.92. The minimum absolute atomic E-state index is 0.190. The first kappa shape index (κ1) is 21.8. The molecule has 2 heterocycles. The van der Waals surface area contributed by atoms with Gasteiger partial charge in [0.1, 0.15) is 6.10 Å². The highest BCUT2D eigenvalue weighted by Crippen LogP contribution is 2.34. The third-order valence-electron chi connectivity index (χ3n) is 5.54. The second-order valence-corrected chi connectivity index (χ2v) is 9.51. The molecule has 2 aromatic heterocycles. The molecule has 0 radical (unpaired) electrons. The Morgan fingerprint density at radius 1 is 0.765 bits per heavy atom. The molecule has 1 unspecified atom stereocenters. The van der Waals surface area contributed by atoms with Crippen molar-refractivity contribution < 1.29 is 13.5 Å². The van der Waals surface area contributed by atoms with E-state index in [1.165, 1.54) is 0 Å². The summed E-state index contributed by atoms with van der Waals surface area (Å²) in [6.07, 6.45) is 4.16. The highest BCUT2D eigenvalue weighted by Gasteiger charge is 2.17. The Bertz CT molecular complexity index is 1560. The minimum atomic E-state index is -3.72. The Morgan fingerprint density at radius 2 is 1.56 bits per heavy atom. The number of hydrogen-bond donors (Lipinski definition) is 2. The molecule has 168 valence electrons. The van der Waals surface area contributed by atoms with Crippen LogP contribution >= 0.6 is 0 Å². The Morgan fingerprint density at radius 3 is 2.35 bits per heavy atom. The van der Waals surface area contributed by atoms with Crippen LogP contribution in [0.4, 0.5) is 5.69 Å². The van der Waals surface area contributed by atoms with Crippen molar-refractivity contribution >= 4 is 26.6 Å². The maximum atomic E-state index is 12.8. The van der Waals surface area contributed by atoms with E-state index in [4.69, 9.17) is 0 Å². The number of anilines is 1. The maximum Gasteiger partial charge on any atom is 0.261 e. The van der Waals surface area contributed by atoms with Gasteiger partial charge in [-0.1, -0.05) is 36.4 Å². The van der Waals surface area contributed by atoms with Crippen LogP contribution in [0.5, 0.6) is 0 Å². The molecule has 6 nitrogen and oxygen atoms in total. The lowest BCUT2D eigenvalue weighted by Crippen LogP contribution is -2.12. The van der Waals surface area contributed by atoms with Gasteiger partial charge in [0.15, 0.2) is 0 Å². The molecule has 0 aliphatic rings.